The van der Waals surface area contributed by atoms with E-state index in [-0.39, 0.29) is 29.0 Å². The molecule has 0 aromatic heterocycles. The van der Waals surface area contributed by atoms with Crippen molar-refractivity contribution in [1.29, 1.82) is 0 Å². The van der Waals surface area contributed by atoms with Gasteiger partial charge < -0.3 is 10.2 Å². The summed E-state index contributed by atoms with van der Waals surface area (Å²) in [6, 6.07) is 5.59. The van der Waals surface area contributed by atoms with E-state index in [4.69, 9.17) is 23.8 Å². The number of rotatable bonds is 2. The maximum absolute atomic E-state index is 13.8. The maximum Gasteiger partial charge on any atom is 0.247 e. The van der Waals surface area contributed by atoms with Crippen molar-refractivity contribution in [2.24, 2.45) is 5.41 Å². The number of anilines is 1. The third kappa shape index (κ3) is 2.60. The van der Waals surface area contributed by atoms with E-state index < -0.39 is 5.41 Å². The molecule has 4 rings (SSSR count). The highest BCUT2D eigenvalue weighted by molar-refractivity contribution is 7.80. The maximum atomic E-state index is 13.8. The fraction of sp³-hybridized carbons (Fsp3) is 0.550. The molecular formula is C20H24ClN3O2S. The predicted molar refractivity (Wildman–Crippen MR) is 110 cm³/mol. The summed E-state index contributed by atoms with van der Waals surface area (Å²) < 4.78 is 0. The number of nitrogens with zero attached hydrogens (tertiary/aromatic N) is 2. The summed E-state index contributed by atoms with van der Waals surface area (Å²) >= 11 is 11.9. The molecule has 0 unspecified atom stereocenters. The van der Waals surface area contributed by atoms with Gasteiger partial charge in [0, 0.05) is 29.7 Å². The number of carbonyl (C=O) groups is 2. The molecule has 3 atom stereocenters. The van der Waals surface area contributed by atoms with Gasteiger partial charge >= 0.3 is 0 Å². The molecule has 144 valence electrons. The lowest BCUT2D eigenvalue weighted by molar-refractivity contribution is -0.153. The second-order valence-corrected chi connectivity index (χ2v) is 8.58. The monoisotopic (exact) mass is 405 g/mol. The summed E-state index contributed by atoms with van der Waals surface area (Å²) in [5, 5.41) is 3.68. The fourth-order valence-corrected chi connectivity index (χ4v) is 5.42. The smallest absolute Gasteiger partial charge is 0.247 e. The lowest BCUT2D eigenvalue weighted by Crippen LogP contribution is -2.73. The zero-order chi connectivity index (χ0) is 19.3. The normalized spacial score (nSPS) is 28.7. The van der Waals surface area contributed by atoms with Crippen LogP contribution in [0.2, 0.25) is 5.02 Å². The Kier molecular flexibility index (Phi) is 4.67. The van der Waals surface area contributed by atoms with Crippen molar-refractivity contribution in [3.05, 3.63) is 28.8 Å². The molecule has 5 nitrogen and oxygen atoms in total. The van der Waals surface area contributed by atoms with Gasteiger partial charge in [-0.1, -0.05) is 24.6 Å². The van der Waals surface area contributed by atoms with Crippen LogP contribution in [-0.2, 0) is 16.0 Å². The van der Waals surface area contributed by atoms with Crippen LogP contribution in [0.3, 0.4) is 0 Å². The Hall–Kier alpha value is -1.66. The van der Waals surface area contributed by atoms with Crippen molar-refractivity contribution in [1.82, 2.24) is 10.2 Å². The summed E-state index contributed by atoms with van der Waals surface area (Å²) in [6.07, 6.45) is 3.95. The average Bonchev–Trinajstić information content (AvgIpc) is 2.66. The van der Waals surface area contributed by atoms with Crippen LogP contribution < -0.4 is 10.2 Å². The van der Waals surface area contributed by atoms with E-state index in [1.165, 1.54) is 0 Å². The number of benzene rings is 1. The number of hydrogen-bond acceptors (Lipinski definition) is 4. The molecule has 7 heteroatoms. The minimum Gasteiger partial charge on any atom is -0.367 e. The lowest BCUT2D eigenvalue weighted by atomic mass is 9.66. The van der Waals surface area contributed by atoms with E-state index in [1.807, 2.05) is 26.0 Å². The quantitative estimate of drug-likeness (QED) is 0.606. The number of carbonyl (C=O) groups excluding carboxylic acids is 2. The molecule has 3 aliphatic heterocycles. The van der Waals surface area contributed by atoms with E-state index in [9.17, 15) is 9.59 Å². The van der Waals surface area contributed by atoms with Crippen molar-refractivity contribution in [2.45, 2.75) is 58.0 Å². The first-order valence-corrected chi connectivity index (χ1v) is 10.4. The molecule has 1 aromatic carbocycles. The number of hydrogen-bond donors (Lipinski definition) is 1. The Morgan fingerprint density at radius 3 is 2.89 bits per heavy atom. The minimum absolute atomic E-state index is 0.0628. The molecule has 3 heterocycles. The molecule has 1 N–H and O–H groups in total. The van der Waals surface area contributed by atoms with Gasteiger partial charge in [0.15, 0.2) is 10.5 Å². The Bertz CT molecular complexity index is 829. The minimum atomic E-state index is -1.18. The SMILES string of the molecule is CC[C@@H](C)N1C(=O)[C@]2(Cc3c(Cl)cccc3N3CCCC[C@@H]32)C(=O)NC1=S. The van der Waals surface area contributed by atoms with Crippen LogP contribution in [-0.4, -0.2) is 40.5 Å². The van der Waals surface area contributed by atoms with Crippen LogP contribution >= 0.6 is 23.8 Å². The van der Waals surface area contributed by atoms with Gasteiger partial charge in [-0.3, -0.25) is 14.5 Å². The van der Waals surface area contributed by atoms with E-state index in [1.54, 1.807) is 4.90 Å². The molecule has 27 heavy (non-hydrogen) atoms. The van der Waals surface area contributed by atoms with Crippen LogP contribution in [0, 0.1) is 5.41 Å². The van der Waals surface area contributed by atoms with Crippen LogP contribution in [0.15, 0.2) is 18.2 Å². The molecule has 1 spiro atoms. The fourth-order valence-electron chi connectivity index (χ4n) is 4.83. The Morgan fingerprint density at radius 1 is 1.37 bits per heavy atom. The average molecular weight is 406 g/mol. The van der Waals surface area contributed by atoms with Gasteiger partial charge in [0.25, 0.3) is 0 Å². The molecule has 2 fully saturated rings. The summed E-state index contributed by atoms with van der Waals surface area (Å²) in [7, 11) is 0. The van der Waals surface area contributed by atoms with Crippen LogP contribution in [0.4, 0.5) is 5.69 Å². The molecule has 0 saturated carbocycles. The molecule has 0 aliphatic carbocycles. The molecule has 0 radical (unpaired) electrons. The number of amides is 2. The van der Waals surface area contributed by atoms with Gasteiger partial charge in [-0.2, -0.15) is 0 Å². The Morgan fingerprint density at radius 2 is 2.15 bits per heavy atom. The second kappa shape index (κ2) is 6.74. The topological polar surface area (TPSA) is 52.7 Å². The van der Waals surface area contributed by atoms with Crippen molar-refractivity contribution >= 4 is 46.4 Å². The third-order valence-corrected chi connectivity index (χ3v) is 7.06. The number of piperidine rings is 1. The van der Waals surface area contributed by atoms with Gasteiger partial charge in [0.05, 0.1) is 6.04 Å². The first-order chi connectivity index (χ1) is 12.9. The van der Waals surface area contributed by atoms with Gasteiger partial charge in [0.2, 0.25) is 11.8 Å². The molecular weight excluding hydrogens is 382 g/mol. The van der Waals surface area contributed by atoms with Crippen molar-refractivity contribution in [3.63, 3.8) is 0 Å². The predicted octanol–water partition coefficient (Wildman–Crippen LogP) is 3.28. The highest BCUT2D eigenvalue weighted by atomic mass is 35.5. The number of nitrogens with one attached hydrogen (secondary N) is 1. The van der Waals surface area contributed by atoms with Gasteiger partial charge in [-0.15, -0.1) is 0 Å². The molecule has 2 saturated heterocycles. The molecule has 0 bridgehead atoms. The molecule has 3 aliphatic rings. The zero-order valence-electron chi connectivity index (χ0n) is 15.6. The van der Waals surface area contributed by atoms with Crippen molar-refractivity contribution < 1.29 is 9.59 Å². The van der Waals surface area contributed by atoms with Gasteiger partial charge in [-0.05, 0) is 62.5 Å². The molecule has 1 aromatic rings. The Labute approximate surface area is 170 Å². The van der Waals surface area contributed by atoms with Crippen molar-refractivity contribution in [3.8, 4) is 0 Å². The van der Waals surface area contributed by atoms with Gasteiger partial charge in [0.1, 0.15) is 0 Å². The van der Waals surface area contributed by atoms with Crippen LogP contribution in [0.25, 0.3) is 0 Å². The number of halogens is 1. The first-order valence-electron chi connectivity index (χ1n) is 9.65. The van der Waals surface area contributed by atoms with Gasteiger partial charge in [-0.25, -0.2) is 0 Å². The summed E-state index contributed by atoms with van der Waals surface area (Å²) in [5.41, 5.74) is 0.767. The summed E-state index contributed by atoms with van der Waals surface area (Å²) in [6.45, 7) is 4.81. The number of thiocarbonyl (C=S) groups is 1. The number of fused-ring (bicyclic) bond motifs is 4. The lowest BCUT2D eigenvalue weighted by Gasteiger charge is -2.55. The Balaban J connectivity index is 1.89. The van der Waals surface area contributed by atoms with E-state index in [2.05, 4.69) is 16.3 Å². The van der Waals surface area contributed by atoms with E-state index in [0.717, 1.165) is 43.5 Å². The van der Waals surface area contributed by atoms with Crippen LogP contribution in [0.1, 0.15) is 45.1 Å². The first kappa shape index (κ1) is 18.7. The van der Waals surface area contributed by atoms with Crippen LogP contribution in [0.5, 0.6) is 0 Å². The van der Waals surface area contributed by atoms with E-state index in [0.29, 0.717) is 11.4 Å². The largest absolute Gasteiger partial charge is 0.367 e. The summed E-state index contributed by atoms with van der Waals surface area (Å²) in [5.74, 6) is -0.451. The van der Waals surface area contributed by atoms with Crippen molar-refractivity contribution in [2.75, 3.05) is 11.4 Å². The molecule has 2 amide bonds. The standard InChI is InChI=1S/C20H24ClN3O2S/c1-3-12(2)24-18(26)20(17(25)22-19(24)27)11-13-14(21)7-6-8-15(13)23-10-5-4-9-16(20)23/h6-8,12,16H,3-5,9-11H2,1-2H3,(H,22,25,27)/t12-,16-,20+/m1/s1. The zero-order valence-corrected chi connectivity index (χ0v) is 17.2. The van der Waals surface area contributed by atoms with E-state index >= 15 is 0 Å². The second-order valence-electron chi connectivity index (χ2n) is 7.78. The highest BCUT2D eigenvalue weighted by Gasteiger charge is 2.62. The summed E-state index contributed by atoms with van der Waals surface area (Å²) in [4.78, 5) is 31.0. The highest BCUT2D eigenvalue weighted by Crippen LogP contribution is 2.49. The third-order valence-electron chi connectivity index (χ3n) is 6.41.